The van der Waals surface area contributed by atoms with Crippen molar-refractivity contribution in [3.8, 4) is 11.3 Å². The van der Waals surface area contributed by atoms with Crippen LogP contribution in [0.4, 0.5) is 5.82 Å². The Balaban J connectivity index is 1.96. The fraction of sp³-hybridized carbons (Fsp3) is 0.0625. The first-order valence-electron chi connectivity index (χ1n) is 6.59. The highest BCUT2D eigenvalue weighted by atomic mass is 32.1. The number of anilines is 1. The normalized spacial score (nSPS) is 11.3. The molecule has 0 atom stereocenters. The number of rotatable bonds is 1. The van der Waals surface area contributed by atoms with E-state index >= 15 is 0 Å². The van der Waals surface area contributed by atoms with Gasteiger partial charge in [0.1, 0.15) is 21.8 Å². The van der Waals surface area contributed by atoms with Crippen LogP contribution >= 0.6 is 11.3 Å². The molecule has 4 aromatic rings. The van der Waals surface area contributed by atoms with Crippen molar-refractivity contribution in [2.45, 2.75) is 6.92 Å². The van der Waals surface area contributed by atoms with Gasteiger partial charge in [-0.05, 0) is 19.1 Å². The van der Waals surface area contributed by atoms with E-state index in [2.05, 4.69) is 47.2 Å². The van der Waals surface area contributed by atoms with Crippen molar-refractivity contribution in [3.63, 3.8) is 0 Å². The van der Waals surface area contributed by atoms with Crippen molar-refractivity contribution < 1.29 is 0 Å². The van der Waals surface area contributed by atoms with Crippen LogP contribution in [0.25, 0.3) is 31.7 Å². The maximum absolute atomic E-state index is 5.96. The maximum Gasteiger partial charge on any atom is 0.136 e. The van der Waals surface area contributed by atoms with Crippen LogP contribution in [0.5, 0.6) is 0 Å². The molecule has 0 bridgehead atoms. The number of nitrogens with zero attached hydrogens (tertiary/aromatic N) is 3. The highest BCUT2D eigenvalue weighted by Gasteiger charge is 2.11. The van der Waals surface area contributed by atoms with Crippen LogP contribution in [0.3, 0.4) is 0 Å². The molecule has 4 nitrogen and oxygen atoms in total. The lowest BCUT2D eigenvalue weighted by Gasteiger charge is -2.01. The number of pyridine rings is 1. The minimum atomic E-state index is 0.510. The van der Waals surface area contributed by atoms with Crippen LogP contribution in [0.1, 0.15) is 5.56 Å². The average molecular weight is 292 g/mol. The van der Waals surface area contributed by atoms with E-state index in [9.17, 15) is 0 Å². The number of fused-ring (bicyclic) bond motifs is 3. The van der Waals surface area contributed by atoms with Crippen molar-refractivity contribution in [3.05, 3.63) is 48.3 Å². The molecule has 0 saturated carbocycles. The first kappa shape index (κ1) is 12.2. The fourth-order valence-corrected chi connectivity index (χ4v) is 3.42. The van der Waals surface area contributed by atoms with E-state index in [1.807, 2.05) is 6.07 Å². The van der Waals surface area contributed by atoms with Crippen molar-refractivity contribution in [2.75, 3.05) is 5.73 Å². The Bertz CT molecular complexity index is 957. The lowest BCUT2D eigenvalue weighted by Crippen LogP contribution is -1.90. The van der Waals surface area contributed by atoms with Gasteiger partial charge in [-0.2, -0.15) is 0 Å². The molecule has 102 valence electrons. The van der Waals surface area contributed by atoms with Crippen molar-refractivity contribution in [2.24, 2.45) is 0 Å². The molecule has 0 fully saturated rings. The third-order valence-electron chi connectivity index (χ3n) is 3.51. The van der Waals surface area contributed by atoms with Crippen LogP contribution in [-0.4, -0.2) is 15.0 Å². The zero-order valence-electron chi connectivity index (χ0n) is 11.4. The molecule has 0 unspecified atom stereocenters. The summed E-state index contributed by atoms with van der Waals surface area (Å²) in [5.74, 6) is 0.510. The highest BCUT2D eigenvalue weighted by Crippen LogP contribution is 2.35. The SMILES string of the molecule is Cc1ccc(-c2ccc3c(n2)sc2ncnc(N)c23)cc1. The van der Waals surface area contributed by atoms with E-state index in [0.29, 0.717) is 5.82 Å². The summed E-state index contributed by atoms with van der Waals surface area (Å²) in [5.41, 5.74) is 9.27. The number of benzene rings is 1. The second-order valence-corrected chi connectivity index (χ2v) is 5.93. The lowest BCUT2D eigenvalue weighted by molar-refractivity contribution is 1.24. The van der Waals surface area contributed by atoms with E-state index in [0.717, 1.165) is 31.7 Å². The van der Waals surface area contributed by atoms with Gasteiger partial charge in [-0.15, -0.1) is 0 Å². The summed E-state index contributed by atoms with van der Waals surface area (Å²) in [7, 11) is 0. The van der Waals surface area contributed by atoms with Gasteiger partial charge in [-0.25, -0.2) is 15.0 Å². The predicted octanol–water partition coefficient (Wildman–Crippen LogP) is 3.80. The van der Waals surface area contributed by atoms with Gasteiger partial charge in [0, 0.05) is 10.9 Å². The van der Waals surface area contributed by atoms with E-state index in [1.54, 1.807) is 11.3 Å². The zero-order valence-corrected chi connectivity index (χ0v) is 12.2. The molecular formula is C16H12N4S. The van der Waals surface area contributed by atoms with Crippen molar-refractivity contribution in [1.29, 1.82) is 0 Å². The van der Waals surface area contributed by atoms with Crippen LogP contribution in [0, 0.1) is 6.92 Å². The number of aryl methyl sites for hydroxylation is 1. The third-order valence-corrected chi connectivity index (χ3v) is 4.52. The maximum atomic E-state index is 5.96. The summed E-state index contributed by atoms with van der Waals surface area (Å²) in [4.78, 5) is 14.9. The van der Waals surface area contributed by atoms with Crippen LogP contribution < -0.4 is 5.73 Å². The van der Waals surface area contributed by atoms with Gasteiger partial charge in [0.05, 0.1) is 11.1 Å². The van der Waals surface area contributed by atoms with Gasteiger partial charge in [0.25, 0.3) is 0 Å². The second-order valence-electron chi connectivity index (χ2n) is 4.96. The summed E-state index contributed by atoms with van der Waals surface area (Å²) in [6.45, 7) is 2.08. The minimum Gasteiger partial charge on any atom is -0.383 e. The Morgan fingerprint density at radius 3 is 2.57 bits per heavy atom. The molecule has 0 amide bonds. The van der Waals surface area contributed by atoms with Gasteiger partial charge >= 0.3 is 0 Å². The van der Waals surface area contributed by atoms with Crippen molar-refractivity contribution >= 4 is 37.6 Å². The van der Waals surface area contributed by atoms with E-state index in [-0.39, 0.29) is 0 Å². The fourth-order valence-electron chi connectivity index (χ4n) is 2.40. The summed E-state index contributed by atoms with van der Waals surface area (Å²) >= 11 is 1.55. The van der Waals surface area contributed by atoms with Gasteiger partial charge < -0.3 is 5.73 Å². The highest BCUT2D eigenvalue weighted by molar-refractivity contribution is 7.25. The zero-order chi connectivity index (χ0) is 14.4. The van der Waals surface area contributed by atoms with Crippen LogP contribution in [0.2, 0.25) is 0 Å². The predicted molar refractivity (Wildman–Crippen MR) is 87.3 cm³/mol. The number of nitrogens with two attached hydrogens (primary N) is 1. The molecule has 0 saturated heterocycles. The molecule has 0 aliphatic rings. The Hall–Kier alpha value is -2.53. The largest absolute Gasteiger partial charge is 0.383 e. The quantitative estimate of drug-likeness (QED) is 0.579. The second kappa shape index (κ2) is 4.49. The van der Waals surface area contributed by atoms with Gasteiger partial charge in [-0.1, -0.05) is 41.2 Å². The molecule has 21 heavy (non-hydrogen) atoms. The molecule has 5 heteroatoms. The van der Waals surface area contributed by atoms with Gasteiger partial charge in [0.2, 0.25) is 0 Å². The van der Waals surface area contributed by atoms with E-state index < -0.39 is 0 Å². The summed E-state index contributed by atoms with van der Waals surface area (Å²) in [5, 5.41) is 1.92. The van der Waals surface area contributed by atoms with Crippen molar-refractivity contribution in [1.82, 2.24) is 15.0 Å². The standard InChI is InChI=1S/C16H12N4S/c1-9-2-4-10(5-3-9)12-7-6-11-13-14(17)18-8-19-16(13)21-15(11)20-12/h2-8H,1H3,(H2,17,18,19). The van der Waals surface area contributed by atoms with Crippen LogP contribution in [0.15, 0.2) is 42.7 Å². The molecular weight excluding hydrogens is 280 g/mol. The molecule has 4 rings (SSSR count). The van der Waals surface area contributed by atoms with E-state index in [1.165, 1.54) is 11.9 Å². The molecule has 0 aliphatic carbocycles. The summed E-state index contributed by atoms with van der Waals surface area (Å²) in [6, 6.07) is 12.4. The summed E-state index contributed by atoms with van der Waals surface area (Å²) < 4.78 is 0. The average Bonchev–Trinajstić information content (AvgIpc) is 2.86. The number of hydrogen-bond acceptors (Lipinski definition) is 5. The topological polar surface area (TPSA) is 64.7 Å². The van der Waals surface area contributed by atoms with Gasteiger partial charge in [-0.3, -0.25) is 0 Å². The Kier molecular flexibility index (Phi) is 2.62. The Morgan fingerprint density at radius 2 is 1.76 bits per heavy atom. The molecule has 0 aliphatic heterocycles. The van der Waals surface area contributed by atoms with E-state index in [4.69, 9.17) is 10.7 Å². The van der Waals surface area contributed by atoms with Crippen LogP contribution in [-0.2, 0) is 0 Å². The smallest absolute Gasteiger partial charge is 0.136 e. The first-order valence-corrected chi connectivity index (χ1v) is 7.41. The van der Waals surface area contributed by atoms with Gasteiger partial charge in [0.15, 0.2) is 0 Å². The lowest BCUT2D eigenvalue weighted by atomic mass is 10.1. The summed E-state index contributed by atoms with van der Waals surface area (Å²) in [6.07, 6.45) is 1.49. The number of aromatic nitrogens is 3. The molecule has 1 aromatic carbocycles. The first-order chi connectivity index (χ1) is 10.2. The molecule has 3 heterocycles. The number of thiophene rings is 1. The Labute approximate surface area is 125 Å². The molecule has 0 radical (unpaired) electrons. The minimum absolute atomic E-state index is 0.510. The molecule has 3 aromatic heterocycles. The Morgan fingerprint density at radius 1 is 0.952 bits per heavy atom. The molecule has 0 spiro atoms. The number of hydrogen-bond donors (Lipinski definition) is 1. The number of nitrogen functional groups attached to an aromatic ring is 1. The monoisotopic (exact) mass is 292 g/mol. The molecule has 2 N–H and O–H groups in total. The third kappa shape index (κ3) is 1.94.